The van der Waals surface area contributed by atoms with Gasteiger partial charge >= 0.3 is 0 Å². The smallest absolute Gasteiger partial charge is 0.238 e. The van der Waals surface area contributed by atoms with Crippen LogP contribution in [0.5, 0.6) is 0 Å². The summed E-state index contributed by atoms with van der Waals surface area (Å²) in [6.07, 6.45) is 2.42. The second-order valence-corrected chi connectivity index (χ2v) is 4.23. The maximum atomic E-state index is 11.7. The minimum Gasteiger partial charge on any atom is -0.325 e. The van der Waals surface area contributed by atoms with Crippen LogP contribution in [-0.4, -0.2) is 30.4 Å². The number of benzene rings is 1. The van der Waals surface area contributed by atoms with Crippen LogP contribution in [0.25, 0.3) is 0 Å². The normalized spacial score (nSPS) is 16.3. The summed E-state index contributed by atoms with van der Waals surface area (Å²) >= 11 is 0. The van der Waals surface area contributed by atoms with Crippen molar-refractivity contribution in [1.82, 2.24) is 4.90 Å². The highest BCUT2D eigenvalue weighted by Crippen LogP contribution is 2.10. The Balaban J connectivity index is 1.86. The Morgan fingerprint density at radius 3 is 2.81 bits per heavy atom. The van der Waals surface area contributed by atoms with Gasteiger partial charge in [-0.05, 0) is 50.6 Å². The van der Waals surface area contributed by atoms with Crippen molar-refractivity contribution in [3.63, 3.8) is 0 Å². The number of carbonyl (C=O) groups is 1. The summed E-state index contributed by atoms with van der Waals surface area (Å²) in [5.41, 5.74) is 1.75. The third-order valence-corrected chi connectivity index (χ3v) is 2.78. The largest absolute Gasteiger partial charge is 0.325 e. The van der Waals surface area contributed by atoms with Crippen molar-refractivity contribution in [2.45, 2.75) is 12.8 Å². The number of hydrogen-bond acceptors (Lipinski definition) is 2. The molecule has 1 aliphatic heterocycles. The van der Waals surface area contributed by atoms with Crippen molar-refractivity contribution in [3.05, 3.63) is 36.8 Å². The van der Waals surface area contributed by atoms with E-state index in [1.54, 1.807) is 0 Å². The summed E-state index contributed by atoms with van der Waals surface area (Å²) in [4.78, 5) is 13.9. The molecule has 1 aromatic carbocycles. The van der Waals surface area contributed by atoms with Gasteiger partial charge < -0.3 is 5.32 Å². The molecule has 1 fully saturated rings. The van der Waals surface area contributed by atoms with Crippen LogP contribution in [0.2, 0.25) is 0 Å². The van der Waals surface area contributed by atoms with Gasteiger partial charge in [0, 0.05) is 5.69 Å². The summed E-state index contributed by atoms with van der Waals surface area (Å²) in [6, 6.07) is 7.57. The van der Waals surface area contributed by atoms with E-state index in [0.29, 0.717) is 6.54 Å². The van der Waals surface area contributed by atoms with Gasteiger partial charge in [-0.2, -0.15) is 0 Å². The Morgan fingerprint density at radius 2 is 2.12 bits per heavy atom. The Hall–Kier alpha value is -1.35. The molecular formula is C13H17N2O. The highest BCUT2D eigenvalue weighted by Gasteiger charge is 2.14. The zero-order chi connectivity index (χ0) is 11.4. The van der Waals surface area contributed by atoms with E-state index in [0.717, 1.165) is 24.3 Å². The number of carbonyl (C=O) groups excluding carboxylic acids is 1. The average Bonchev–Trinajstić information content (AvgIpc) is 2.70. The summed E-state index contributed by atoms with van der Waals surface area (Å²) in [5, 5.41) is 2.89. The van der Waals surface area contributed by atoms with Gasteiger partial charge in [0.1, 0.15) is 0 Å². The molecule has 1 aromatic rings. The predicted molar refractivity (Wildman–Crippen MR) is 65.2 cm³/mol. The van der Waals surface area contributed by atoms with Crippen LogP contribution in [0.4, 0.5) is 5.69 Å². The Morgan fingerprint density at radius 1 is 1.38 bits per heavy atom. The topological polar surface area (TPSA) is 32.3 Å². The fraction of sp³-hybridized carbons (Fsp3) is 0.385. The third-order valence-electron chi connectivity index (χ3n) is 2.78. The molecule has 16 heavy (non-hydrogen) atoms. The van der Waals surface area contributed by atoms with E-state index in [-0.39, 0.29) is 5.91 Å². The van der Waals surface area contributed by atoms with Gasteiger partial charge in [0.05, 0.1) is 6.54 Å². The second-order valence-electron chi connectivity index (χ2n) is 4.23. The molecule has 1 heterocycles. The predicted octanol–water partition coefficient (Wildman–Crippen LogP) is 1.90. The van der Waals surface area contributed by atoms with Gasteiger partial charge in [0.2, 0.25) is 5.91 Å². The van der Waals surface area contributed by atoms with Crippen LogP contribution in [-0.2, 0) is 4.79 Å². The SMILES string of the molecule is [CH2]c1cccc(NC(=O)CN2CCCC2)c1. The minimum absolute atomic E-state index is 0.0625. The lowest BCUT2D eigenvalue weighted by Crippen LogP contribution is -2.30. The van der Waals surface area contributed by atoms with Crippen molar-refractivity contribution in [3.8, 4) is 0 Å². The van der Waals surface area contributed by atoms with Gasteiger partial charge in [0.25, 0.3) is 0 Å². The van der Waals surface area contributed by atoms with Gasteiger partial charge in [-0.25, -0.2) is 0 Å². The zero-order valence-electron chi connectivity index (χ0n) is 9.41. The molecule has 0 spiro atoms. The van der Waals surface area contributed by atoms with Crippen molar-refractivity contribution in [2.24, 2.45) is 0 Å². The molecule has 0 bridgehead atoms. The third kappa shape index (κ3) is 3.07. The first kappa shape index (κ1) is 11.1. The molecule has 3 nitrogen and oxygen atoms in total. The monoisotopic (exact) mass is 217 g/mol. The van der Waals surface area contributed by atoms with Crippen LogP contribution in [0.15, 0.2) is 24.3 Å². The van der Waals surface area contributed by atoms with Crippen LogP contribution in [0, 0.1) is 6.92 Å². The highest BCUT2D eigenvalue weighted by molar-refractivity contribution is 5.92. The molecular weight excluding hydrogens is 200 g/mol. The van der Waals surface area contributed by atoms with Gasteiger partial charge in [0.15, 0.2) is 0 Å². The quantitative estimate of drug-likeness (QED) is 0.838. The van der Waals surface area contributed by atoms with E-state index in [1.165, 1.54) is 12.8 Å². The van der Waals surface area contributed by atoms with E-state index in [1.807, 2.05) is 24.3 Å². The van der Waals surface area contributed by atoms with Crippen LogP contribution < -0.4 is 5.32 Å². The molecule has 0 saturated carbocycles. The lowest BCUT2D eigenvalue weighted by Gasteiger charge is -2.14. The Bertz CT molecular complexity index is 370. The first-order chi connectivity index (χ1) is 7.74. The first-order valence-corrected chi connectivity index (χ1v) is 5.68. The number of nitrogens with one attached hydrogen (secondary N) is 1. The van der Waals surface area contributed by atoms with E-state index >= 15 is 0 Å². The molecule has 1 aliphatic rings. The molecule has 1 saturated heterocycles. The van der Waals surface area contributed by atoms with Crippen molar-refractivity contribution < 1.29 is 4.79 Å². The van der Waals surface area contributed by atoms with E-state index in [9.17, 15) is 4.79 Å². The standard InChI is InChI=1S/C13H17N2O/c1-11-5-4-6-12(9-11)14-13(16)10-15-7-2-3-8-15/h4-6,9H,1-3,7-8,10H2,(H,14,16). The molecule has 1 radical (unpaired) electrons. The fourth-order valence-corrected chi connectivity index (χ4v) is 1.99. The Kier molecular flexibility index (Phi) is 3.57. The summed E-state index contributed by atoms with van der Waals surface area (Å²) in [6.45, 7) is 6.42. The zero-order valence-corrected chi connectivity index (χ0v) is 9.41. The molecule has 1 amide bonds. The maximum Gasteiger partial charge on any atom is 0.238 e. The van der Waals surface area contributed by atoms with E-state index < -0.39 is 0 Å². The number of hydrogen-bond donors (Lipinski definition) is 1. The summed E-state index contributed by atoms with van der Waals surface area (Å²) in [5.74, 6) is 0.0625. The molecule has 85 valence electrons. The molecule has 0 aromatic heterocycles. The minimum atomic E-state index is 0.0625. The van der Waals surface area contributed by atoms with Crippen LogP contribution in [0.1, 0.15) is 18.4 Å². The number of rotatable bonds is 3. The fourth-order valence-electron chi connectivity index (χ4n) is 1.99. The van der Waals surface area contributed by atoms with Crippen LogP contribution in [0.3, 0.4) is 0 Å². The molecule has 1 N–H and O–H groups in total. The molecule has 2 rings (SSSR count). The second kappa shape index (κ2) is 5.12. The molecule has 0 atom stereocenters. The van der Waals surface area contributed by atoms with Crippen molar-refractivity contribution in [2.75, 3.05) is 25.0 Å². The van der Waals surface area contributed by atoms with E-state index in [2.05, 4.69) is 17.1 Å². The lowest BCUT2D eigenvalue weighted by atomic mass is 10.2. The summed E-state index contributed by atoms with van der Waals surface area (Å²) in [7, 11) is 0. The highest BCUT2D eigenvalue weighted by atomic mass is 16.2. The van der Waals surface area contributed by atoms with Crippen molar-refractivity contribution >= 4 is 11.6 Å². The summed E-state index contributed by atoms with van der Waals surface area (Å²) < 4.78 is 0. The average molecular weight is 217 g/mol. The Labute approximate surface area is 96.5 Å². The van der Waals surface area contributed by atoms with Gasteiger partial charge in [-0.1, -0.05) is 12.1 Å². The number of likely N-dealkylation sites (tertiary alicyclic amines) is 1. The number of anilines is 1. The number of amides is 1. The van der Waals surface area contributed by atoms with Gasteiger partial charge in [-0.3, -0.25) is 9.69 Å². The molecule has 0 unspecified atom stereocenters. The first-order valence-electron chi connectivity index (χ1n) is 5.68. The van der Waals surface area contributed by atoms with Gasteiger partial charge in [-0.15, -0.1) is 0 Å². The molecule has 3 heteroatoms. The van der Waals surface area contributed by atoms with E-state index in [4.69, 9.17) is 0 Å². The van der Waals surface area contributed by atoms with Crippen LogP contribution >= 0.6 is 0 Å². The molecule has 0 aliphatic carbocycles. The maximum absolute atomic E-state index is 11.7. The lowest BCUT2D eigenvalue weighted by molar-refractivity contribution is -0.117. The number of nitrogens with zero attached hydrogens (tertiary/aromatic N) is 1. The van der Waals surface area contributed by atoms with Crippen molar-refractivity contribution in [1.29, 1.82) is 0 Å².